The number of fused-ring (bicyclic) bond motifs is 1. The third kappa shape index (κ3) is 2.88. The molecule has 0 spiro atoms. The fourth-order valence-corrected chi connectivity index (χ4v) is 3.31. The Hall–Kier alpha value is -2.15. The Morgan fingerprint density at radius 2 is 2.09 bits per heavy atom. The summed E-state index contributed by atoms with van der Waals surface area (Å²) in [6.07, 6.45) is 9.37. The molecule has 1 N–H and O–H groups in total. The van der Waals surface area contributed by atoms with E-state index in [2.05, 4.69) is 15.6 Å². The summed E-state index contributed by atoms with van der Waals surface area (Å²) in [5, 5.41) is 11.2. The van der Waals surface area contributed by atoms with E-state index in [0.717, 1.165) is 63.1 Å². The molecule has 1 saturated heterocycles. The highest BCUT2D eigenvalue weighted by atomic mass is 16.5. The SMILES string of the molecule is O=C(Nc1cnn(C2CCOCC2)c1)c1noc2c1CCCC2. The number of rotatable bonds is 3. The van der Waals surface area contributed by atoms with Crippen LogP contribution in [-0.2, 0) is 17.6 Å². The van der Waals surface area contributed by atoms with Crippen molar-refractivity contribution >= 4 is 11.6 Å². The van der Waals surface area contributed by atoms with Crippen LogP contribution in [0.25, 0.3) is 0 Å². The highest BCUT2D eigenvalue weighted by molar-refractivity contribution is 6.03. The summed E-state index contributed by atoms with van der Waals surface area (Å²) in [6.45, 7) is 1.52. The van der Waals surface area contributed by atoms with Crippen LogP contribution in [0.5, 0.6) is 0 Å². The second-order valence-corrected chi connectivity index (χ2v) is 6.15. The van der Waals surface area contributed by atoms with Gasteiger partial charge >= 0.3 is 0 Å². The van der Waals surface area contributed by atoms with Crippen molar-refractivity contribution in [2.45, 2.75) is 44.6 Å². The van der Waals surface area contributed by atoms with Crippen molar-refractivity contribution in [2.75, 3.05) is 18.5 Å². The van der Waals surface area contributed by atoms with E-state index < -0.39 is 0 Å². The van der Waals surface area contributed by atoms with Gasteiger partial charge in [0.25, 0.3) is 5.91 Å². The van der Waals surface area contributed by atoms with Crippen LogP contribution in [0.3, 0.4) is 0 Å². The van der Waals surface area contributed by atoms with E-state index in [-0.39, 0.29) is 5.91 Å². The summed E-state index contributed by atoms with van der Waals surface area (Å²) in [6, 6.07) is 0.342. The zero-order valence-electron chi connectivity index (χ0n) is 13.0. The average molecular weight is 316 g/mol. The summed E-state index contributed by atoms with van der Waals surface area (Å²) >= 11 is 0. The van der Waals surface area contributed by atoms with Gasteiger partial charge in [0.1, 0.15) is 5.76 Å². The summed E-state index contributed by atoms with van der Waals surface area (Å²) in [5.74, 6) is 0.641. The molecule has 0 bridgehead atoms. The van der Waals surface area contributed by atoms with Gasteiger partial charge in [0.15, 0.2) is 5.69 Å². The zero-order valence-corrected chi connectivity index (χ0v) is 13.0. The topological polar surface area (TPSA) is 82.2 Å². The number of anilines is 1. The number of carbonyl (C=O) groups excluding carboxylic acids is 1. The molecule has 4 rings (SSSR count). The first-order valence-electron chi connectivity index (χ1n) is 8.22. The molecule has 2 aromatic rings. The van der Waals surface area contributed by atoms with Gasteiger partial charge in [-0.05, 0) is 32.1 Å². The number of carbonyl (C=O) groups is 1. The molecule has 23 heavy (non-hydrogen) atoms. The number of aromatic nitrogens is 3. The van der Waals surface area contributed by atoms with Crippen molar-refractivity contribution in [3.8, 4) is 0 Å². The van der Waals surface area contributed by atoms with Crippen LogP contribution in [0.2, 0.25) is 0 Å². The van der Waals surface area contributed by atoms with Crippen LogP contribution in [0.1, 0.15) is 53.5 Å². The summed E-state index contributed by atoms with van der Waals surface area (Å²) in [5.41, 5.74) is 2.07. The molecule has 7 nitrogen and oxygen atoms in total. The molecule has 0 atom stereocenters. The van der Waals surface area contributed by atoms with Crippen LogP contribution in [0, 0.1) is 0 Å². The predicted octanol–water partition coefficient (Wildman–Crippen LogP) is 2.35. The predicted molar refractivity (Wildman–Crippen MR) is 82.4 cm³/mol. The Kier molecular flexibility index (Phi) is 3.87. The van der Waals surface area contributed by atoms with Gasteiger partial charge in [-0.2, -0.15) is 5.10 Å². The van der Waals surface area contributed by atoms with E-state index in [1.54, 1.807) is 6.20 Å². The Balaban J connectivity index is 1.46. The minimum Gasteiger partial charge on any atom is -0.381 e. The number of aryl methyl sites for hydroxylation is 1. The number of amides is 1. The largest absolute Gasteiger partial charge is 0.381 e. The van der Waals surface area contributed by atoms with Gasteiger partial charge in [-0.1, -0.05) is 5.16 Å². The first kappa shape index (κ1) is 14.4. The first-order valence-corrected chi connectivity index (χ1v) is 8.22. The van der Waals surface area contributed by atoms with Crippen molar-refractivity contribution in [1.29, 1.82) is 0 Å². The minimum atomic E-state index is -0.219. The lowest BCUT2D eigenvalue weighted by atomic mass is 9.96. The van der Waals surface area contributed by atoms with Crippen LogP contribution < -0.4 is 5.32 Å². The van der Waals surface area contributed by atoms with E-state index in [9.17, 15) is 4.79 Å². The van der Waals surface area contributed by atoms with Crippen LogP contribution in [0.15, 0.2) is 16.9 Å². The van der Waals surface area contributed by atoms with Gasteiger partial charge in [-0.3, -0.25) is 9.48 Å². The molecule has 0 saturated carbocycles. The number of nitrogens with zero attached hydrogens (tertiary/aromatic N) is 3. The summed E-state index contributed by atoms with van der Waals surface area (Å²) in [4.78, 5) is 12.4. The zero-order chi connectivity index (χ0) is 15.6. The lowest BCUT2D eigenvalue weighted by Gasteiger charge is -2.22. The Bertz CT molecular complexity index is 700. The fourth-order valence-electron chi connectivity index (χ4n) is 3.31. The number of hydrogen-bond acceptors (Lipinski definition) is 5. The smallest absolute Gasteiger partial charge is 0.278 e. The van der Waals surface area contributed by atoms with Crippen LogP contribution >= 0.6 is 0 Å². The highest BCUT2D eigenvalue weighted by Gasteiger charge is 2.24. The molecule has 1 aliphatic heterocycles. The van der Waals surface area contributed by atoms with Gasteiger partial charge in [0.05, 0.1) is 17.9 Å². The quantitative estimate of drug-likeness (QED) is 0.940. The van der Waals surface area contributed by atoms with Crippen molar-refractivity contribution < 1.29 is 14.1 Å². The van der Waals surface area contributed by atoms with E-state index >= 15 is 0 Å². The normalized spacial score (nSPS) is 18.6. The molecule has 7 heteroatoms. The third-order valence-corrected chi connectivity index (χ3v) is 4.59. The van der Waals surface area contributed by atoms with E-state index in [1.807, 2.05) is 10.9 Å². The molecule has 1 fully saturated rings. The Labute approximate surface area is 134 Å². The third-order valence-electron chi connectivity index (χ3n) is 4.59. The lowest BCUT2D eigenvalue weighted by molar-refractivity contribution is 0.0662. The van der Waals surface area contributed by atoms with Gasteiger partial charge in [0.2, 0.25) is 0 Å². The number of hydrogen-bond donors (Lipinski definition) is 1. The standard InChI is InChI=1S/C16H20N4O3/c21-16(15-13-3-1-2-4-14(13)23-19-15)18-11-9-17-20(10-11)12-5-7-22-8-6-12/h9-10,12H,1-8H2,(H,18,21). The molecular weight excluding hydrogens is 296 g/mol. The molecule has 0 radical (unpaired) electrons. The molecule has 0 aromatic carbocycles. The Morgan fingerprint density at radius 3 is 2.96 bits per heavy atom. The van der Waals surface area contributed by atoms with Gasteiger partial charge in [-0.25, -0.2) is 0 Å². The monoisotopic (exact) mass is 316 g/mol. The van der Waals surface area contributed by atoms with E-state index in [4.69, 9.17) is 9.26 Å². The molecule has 3 heterocycles. The highest BCUT2D eigenvalue weighted by Crippen LogP contribution is 2.25. The fraction of sp³-hybridized carbons (Fsp3) is 0.562. The molecule has 122 valence electrons. The van der Waals surface area contributed by atoms with E-state index in [1.165, 1.54) is 0 Å². The molecule has 2 aromatic heterocycles. The molecule has 2 aliphatic rings. The molecular formula is C16H20N4O3. The average Bonchev–Trinajstić information content (AvgIpc) is 3.22. The van der Waals surface area contributed by atoms with Crippen molar-refractivity contribution in [3.63, 3.8) is 0 Å². The van der Waals surface area contributed by atoms with Gasteiger partial charge in [-0.15, -0.1) is 0 Å². The number of ether oxygens (including phenoxy) is 1. The maximum absolute atomic E-state index is 12.4. The molecule has 0 unspecified atom stereocenters. The van der Waals surface area contributed by atoms with E-state index in [0.29, 0.717) is 17.4 Å². The van der Waals surface area contributed by atoms with Crippen molar-refractivity contribution in [3.05, 3.63) is 29.4 Å². The second-order valence-electron chi connectivity index (χ2n) is 6.15. The van der Waals surface area contributed by atoms with Crippen molar-refractivity contribution in [2.24, 2.45) is 0 Å². The van der Waals surface area contributed by atoms with Crippen LogP contribution in [0.4, 0.5) is 5.69 Å². The van der Waals surface area contributed by atoms with Crippen LogP contribution in [-0.4, -0.2) is 34.1 Å². The Morgan fingerprint density at radius 1 is 1.26 bits per heavy atom. The minimum absolute atomic E-state index is 0.219. The van der Waals surface area contributed by atoms with Gasteiger partial charge in [0, 0.05) is 31.4 Å². The summed E-state index contributed by atoms with van der Waals surface area (Å²) in [7, 11) is 0. The second kappa shape index (κ2) is 6.16. The molecule has 1 aliphatic carbocycles. The first-order chi connectivity index (χ1) is 11.3. The maximum Gasteiger partial charge on any atom is 0.278 e. The molecule has 1 amide bonds. The number of nitrogens with one attached hydrogen (secondary N) is 1. The van der Waals surface area contributed by atoms with Gasteiger partial charge < -0.3 is 14.6 Å². The maximum atomic E-state index is 12.4. The lowest BCUT2D eigenvalue weighted by Crippen LogP contribution is -2.20. The van der Waals surface area contributed by atoms with Crippen molar-refractivity contribution in [1.82, 2.24) is 14.9 Å². The summed E-state index contributed by atoms with van der Waals surface area (Å²) < 4.78 is 12.6.